The molecule has 94 valence electrons. The number of hydrogen-bond acceptors (Lipinski definition) is 4. The third-order valence-corrected chi connectivity index (χ3v) is 2.44. The summed E-state index contributed by atoms with van der Waals surface area (Å²) in [6.45, 7) is 1.54. The molecule has 4 heteroatoms. The molecule has 0 atom stereocenters. The number of nitrogens with one attached hydrogen (secondary N) is 1. The molecule has 2 rings (SSSR count). The summed E-state index contributed by atoms with van der Waals surface area (Å²) in [5.41, 5.74) is 6.58. The highest BCUT2D eigenvalue weighted by Crippen LogP contribution is 2.10. The lowest BCUT2D eigenvalue weighted by Gasteiger charge is -2.08. The fourth-order valence-electron chi connectivity index (χ4n) is 1.57. The van der Waals surface area contributed by atoms with Gasteiger partial charge in [-0.05, 0) is 24.6 Å². The first-order valence-electron chi connectivity index (χ1n) is 5.98. The predicted molar refractivity (Wildman–Crippen MR) is 73.7 cm³/mol. The number of hydrogen-bond donors (Lipinski definition) is 2. The van der Waals surface area contributed by atoms with Gasteiger partial charge in [0.25, 0.3) is 0 Å². The van der Waals surface area contributed by atoms with Gasteiger partial charge < -0.3 is 15.8 Å². The van der Waals surface area contributed by atoms with Gasteiger partial charge in [0.1, 0.15) is 11.6 Å². The molecule has 1 heterocycles. The Bertz CT molecular complexity index is 473. The minimum atomic E-state index is 0.528. The van der Waals surface area contributed by atoms with Crippen molar-refractivity contribution in [2.24, 2.45) is 0 Å². The van der Waals surface area contributed by atoms with E-state index in [0.29, 0.717) is 12.4 Å². The van der Waals surface area contributed by atoms with Gasteiger partial charge in [-0.1, -0.05) is 18.2 Å². The lowest BCUT2D eigenvalue weighted by Crippen LogP contribution is -2.07. The number of para-hydroxylation sites is 1. The van der Waals surface area contributed by atoms with Crippen molar-refractivity contribution >= 4 is 11.5 Å². The molecule has 2 aromatic rings. The van der Waals surface area contributed by atoms with Crippen LogP contribution in [-0.4, -0.2) is 18.1 Å². The number of benzene rings is 1. The summed E-state index contributed by atoms with van der Waals surface area (Å²) in [5.74, 6) is 1.44. The molecule has 0 aliphatic heterocycles. The zero-order valence-corrected chi connectivity index (χ0v) is 10.2. The van der Waals surface area contributed by atoms with Crippen LogP contribution in [0.1, 0.15) is 6.42 Å². The maximum Gasteiger partial charge on any atom is 0.125 e. The largest absolute Gasteiger partial charge is 0.494 e. The Kier molecular flexibility index (Phi) is 4.41. The molecule has 0 saturated carbocycles. The summed E-state index contributed by atoms with van der Waals surface area (Å²) >= 11 is 0. The third kappa shape index (κ3) is 3.97. The molecule has 1 aromatic heterocycles. The van der Waals surface area contributed by atoms with E-state index in [4.69, 9.17) is 10.5 Å². The summed E-state index contributed by atoms with van der Waals surface area (Å²) in [7, 11) is 0. The van der Waals surface area contributed by atoms with E-state index in [1.54, 1.807) is 6.20 Å². The molecule has 0 bridgehead atoms. The highest BCUT2D eigenvalue weighted by atomic mass is 16.5. The first-order chi connectivity index (χ1) is 8.84. The molecule has 0 saturated heterocycles. The zero-order valence-electron chi connectivity index (χ0n) is 10.2. The van der Waals surface area contributed by atoms with E-state index in [1.807, 2.05) is 42.5 Å². The van der Waals surface area contributed by atoms with Gasteiger partial charge in [-0.25, -0.2) is 4.98 Å². The molecule has 0 aliphatic rings. The van der Waals surface area contributed by atoms with Crippen LogP contribution < -0.4 is 15.8 Å². The molecule has 0 aliphatic carbocycles. The van der Waals surface area contributed by atoms with Crippen molar-refractivity contribution in [2.75, 3.05) is 24.2 Å². The van der Waals surface area contributed by atoms with Crippen LogP contribution in [0.15, 0.2) is 48.7 Å². The molecule has 0 amide bonds. The van der Waals surface area contributed by atoms with Gasteiger partial charge in [0.2, 0.25) is 0 Å². The molecular weight excluding hydrogens is 226 g/mol. The molecule has 1 aromatic carbocycles. The van der Waals surface area contributed by atoms with E-state index >= 15 is 0 Å². The highest BCUT2D eigenvalue weighted by molar-refractivity contribution is 5.49. The Morgan fingerprint density at radius 3 is 2.78 bits per heavy atom. The minimum absolute atomic E-state index is 0.528. The van der Waals surface area contributed by atoms with E-state index in [-0.39, 0.29) is 0 Å². The SMILES string of the molecule is Nc1cc(NCCCOc2ccccc2)ccn1. The summed E-state index contributed by atoms with van der Waals surface area (Å²) in [6.07, 6.45) is 2.62. The highest BCUT2D eigenvalue weighted by Gasteiger charge is 1.94. The van der Waals surface area contributed by atoms with Crippen LogP contribution in [0, 0.1) is 0 Å². The fraction of sp³-hybridized carbons (Fsp3) is 0.214. The smallest absolute Gasteiger partial charge is 0.125 e. The van der Waals surface area contributed by atoms with E-state index in [0.717, 1.165) is 24.4 Å². The lowest BCUT2D eigenvalue weighted by molar-refractivity contribution is 0.315. The third-order valence-electron chi connectivity index (χ3n) is 2.44. The van der Waals surface area contributed by atoms with Crippen molar-refractivity contribution in [1.29, 1.82) is 0 Å². The van der Waals surface area contributed by atoms with Crippen molar-refractivity contribution in [3.63, 3.8) is 0 Å². The summed E-state index contributed by atoms with van der Waals surface area (Å²) in [4.78, 5) is 3.94. The fourth-order valence-corrected chi connectivity index (χ4v) is 1.57. The van der Waals surface area contributed by atoms with Crippen LogP contribution in [0.4, 0.5) is 11.5 Å². The number of ether oxygens (including phenoxy) is 1. The number of nitrogens with two attached hydrogens (primary N) is 1. The monoisotopic (exact) mass is 243 g/mol. The topological polar surface area (TPSA) is 60.2 Å². The Balaban J connectivity index is 1.65. The summed E-state index contributed by atoms with van der Waals surface area (Å²) < 4.78 is 5.59. The van der Waals surface area contributed by atoms with Gasteiger partial charge in [-0.2, -0.15) is 0 Å². The van der Waals surface area contributed by atoms with Crippen LogP contribution in [-0.2, 0) is 0 Å². The average molecular weight is 243 g/mol. The second kappa shape index (κ2) is 6.49. The first kappa shape index (κ1) is 12.2. The number of aromatic nitrogens is 1. The molecule has 0 fully saturated rings. The summed E-state index contributed by atoms with van der Waals surface area (Å²) in [6, 6.07) is 13.5. The van der Waals surface area contributed by atoms with Crippen LogP contribution >= 0.6 is 0 Å². The van der Waals surface area contributed by atoms with Crippen molar-refractivity contribution in [2.45, 2.75) is 6.42 Å². The van der Waals surface area contributed by atoms with Crippen molar-refractivity contribution in [3.05, 3.63) is 48.7 Å². The van der Waals surface area contributed by atoms with E-state index in [1.165, 1.54) is 0 Å². The molecular formula is C14H17N3O. The van der Waals surface area contributed by atoms with Gasteiger partial charge in [-0.15, -0.1) is 0 Å². The standard InChI is InChI=1S/C14H17N3O/c15-14-11-12(7-9-17-14)16-8-4-10-18-13-5-2-1-3-6-13/h1-3,5-7,9,11H,4,8,10H2,(H3,15,16,17). The van der Waals surface area contributed by atoms with Gasteiger partial charge in [-0.3, -0.25) is 0 Å². The van der Waals surface area contributed by atoms with Crippen LogP contribution in [0.5, 0.6) is 5.75 Å². The van der Waals surface area contributed by atoms with Gasteiger partial charge in [0, 0.05) is 24.5 Å². The average Bonchev–Trinajstić information content (AvgIpc) is 2.40. The predicted octanol–water partition coefficient (Wildman–Crippen LogP) is 2.54. The van der Waals surface area contributed by atoms with Gasteiger partial charge in [0.05, 0.1) is 6.61 Å². The Hall–Kier alpha value is -2.23. The minimum Gasteiger partial charge on any atom is -0.494 e. The van der Waals surface area contributed by atoms with Gasteiger partial charge >= 0.3 is 0 Å². The van der Waals surface area contributed by atoms with Gasteiger partial charge in [0.15, 0.2) is 0 Å². The number of rotatable bonds is 6. The quantitative estimate of drug-likeness (QED) is 0.765. The molecule has 0 radical (unpaired) electrons. The second-order valence-corrected chi connectivity index (χ2v) is 3.91. The van der Waals surface area contributed by atoms with E-state index < -0.39 is 0 Å². The first-order valence-corrected chi connectivity index (χ1v) is 5.98. The lowest BCUT2D eigenvalue weighted by atomic mass is 10.3. The second-order valence-electron chi connectivity index (χ2n) is 3.91. The number of nitrogens with zero attached hydrogens (tertiary/aromatic N) is 1. The van der Waals surface area contributed by atoms with Crippen molar-refractivity contribution in [3.8, 4) is 5.75 Å². The number of nitrogen functional groups attached to an aromatic ring is 1. The number of pyridine rings is 1. The van der Waals surface area contributed by atoms with Crippen LogP contribution in [0.3, 0.4) is 0 Å². The Labute approximate surface area is 107 Å². The van der Waals surface area contributed by atoms with E-state index in [2.05, 4.69) is 10.3 Å². The zero-order chi connectivity index (χ0) is 12.6. The molecule has 3 N–H and O–H groups in total. The van der Waals surface area contributed by atoms with Crippen molar-refractivity contribution in [1.82, 2.24) is 4.98 Å². The van der Waals surface area contributed by atoms with Crippen LogP contribution in [0.25, 0.3) is 0 Å². The number of anilines is 2. The van der Waals surface area contributed by atoms with Crippen LogP contribution in [0.2, 0.25) is 0 Å². The Morgan fingerprint density at radius 2 is 2.00 bits per heavy atom. The maximum absolute atomic E-state index is 5.59. The van der Waals surface area contributed by atoms with Crippen molar-refractivity contribution < 1.29 is 4.74 Å². The molecule has 0 spiro atoms. The normalized spacial score (nSPS) is 10.0. The molecule has 4 nitrogen and oxygen atoms in total. The Morgan fingerprint density at radius 1 is 1.17 bits per heavy atom. The maximum atomic E-state index is 5.59. The molecule has 0 unspecified atom stereocenters. The summed E-state index contributed by atoms with van der Waals surface area (Å²) in [5, 5.41) is 3.27. The molecule has 18 heavy (non-hydrogen) atoms. The van der Waals surface area contributed by atoms with E-state index in [9.17, 15) is 0 Å².